The molecule has 6 rings (SSSR count). The Kier molecular flexibility index (Phi) is 13.4. The number of urea groups is 2. The van der Waals surface area contributed by atoms with Crippen molar-refractivity contribution in [1.82, 2.24) is 20.6 Å². The zero-order valence-electron chi connectivity index (χ0n) is 32.9. The van der Waals surface area contributed by atoms with Crippen LogP contribution in [0.15, 0.2) is 108 Å². The fraction of sp³-hybridized carbons (Fsp3) is 0.200. The summed E-state index contributed by atoms with van der Waals surface area (Å²) in [5.41, 5.74) is -1.58. The number of halogens is 6. The smallest absolute Gasteiger partial charge is 0.332 e. The molecule has 2 N–H and O–H groups in total. The topological polar surface area (TPSA) is 177 Å². The molecule has 2 heterocycles. The van der Waals surface area contributed by atoms with E-state index in [1.54, 1.807) is 26.2 Å². The van der Waals surface area contributed by atoms with Gasteiger partial charge in [-0.05, 0) is 36.4 Å². The number of benzene rings is 4. The third-order valence-corrected chi connectivity index (χ3v) is 11.0. The molecule has 0 aliphatic rings. The number of carbonyl (C=O) groups excluding carboxylic acids is 2. The molecule has 6 aromatic rings. The number of nitrogens with zero attached hydrogens (tertiary/aromatic N) is 7. The van der Waals surface area contributed by atoms with E-state index in [1.807, 2.05) is 0 Å². The molecule has 0 unspecified atom stereocenters. The minimum absolute atomic E-state index is 0.0196. The lowest BCUT2D eigenvalue weighted by atomic mass is 10.1. The first-order valence-electron chi connectivity index (χ1n) is 18.4. The van der Waals surface area contributed by atoms with Gasteiger partial charge in [0.15, 0.2) is 10.3 Å². The molecule has 328 valence electrons. The lowest BCUT2D eigenvalue weighted by molar-refractivity contribution is -0.887. The highest BCUT2D eigenvalue weighted by atomic mass is 32.1. The third kappa shape index (κ3) is 11.3. The number of anilines is 4. The van der Waals surface area contributed by atoms with Crippen LogP contribution >= 0.6 is 22.7 Å². The normalized spacial score (nSPS) is 11.8. The van der Waals surface area contributed by atoms with Crippen LogP contribution in [0.25, 0.3) is 22.5 Å². The van der Waals surface area contributed by atoms with Crippen LogP contribution in [-0.4, -0.2) is 76.6 Å². The van der Waals surface area contributed by atoms with Gasteiger partial charge < -0.3 is 15.1 Å². The number of hydrogen-bond acceptors (Lipinski definition) is 10. The van der Waals surface area contributed by atoms with Gasteiger partial charge >= 0.3 is 24.4 Å². The van der Waals surface area contributed by atoms with Crippen LogP contribution in [-0.2, 0) is 12.4 Å². The molecule has 4 aromatic carbocycles. The second-order valence-electron chi connectivity index (χ2n) is 14.3. The van der Waals surface area contributed by atoms with Gasteiger partial charge in [-0.25, -0.2) is 29.4 Å². The zero-order chi connectivity index (χ0) is 45.7. The molecule has 63 heavy (non-hydrogen) atoms. The van der Waals surface area contributed by atoms with Crippen LogP contribution in [0.3, 0.4) is 0 Å². The second-order valence-corrected chi connectivity index (χ2v) is 15.9. The number of hydrogen-bond donors (Lipinski definition) is 2. The first-order chi connectivity index (χ1) is 29.7. The van der Waals surface area contributed by atoms with Crippen LogP contribution in [0.5, 0.6) is 0 Å². The molecule has 0 bridgehead atoms. The number of nitro benzene ring substituents is 2. The fourth-order valence-electron chi connectivity index (χ4n) is 6.03. The van der Waals surface area contributed by atoms with Crippen molar-refractivity contribution in [3.63, 3.8) is 0 Å². The molecule has 0 radical (unpaired) electrons. The maximum absolute atomic E-state index is 13.8. The Balaban J connectivity index is 1.15. The van der Waals surface area contributed by atoms with Crippen LogP contribution in [0.1, 0.15) is 11.1 Å². The SMILES string of the molecule is C[N+](C)(CCNC(=O)N(c1cccc(C(F)(F)F)c1)c1nc(-c2cccc([N+](=O)[O-])c2)cs1)CCNC(=O)N(c1cccc(C(F)(F)F)c1)c1nc(-c2cccc([N+](=O)[O-])c2)cs1. The Morgan fingerprint density at radius 3 is 1.38 bits per heavy atom. The number of thiazole rings is 2. The van der Waals surface area contributed by atoms with Crippen molar-refractivity contribution in [1.29, 1.82) is 0 Å². The number of rotatable bonds is 14. The molecule has 0 spiro atoms. The first-order valence-corrected chi connectivity index (χ1v) is 20.2. The average Bonchev–Trinajstić information content (AvgIpc) is 3.92. The zero-order valence-corrected chi connectivity index (χ0v) is 34.5. The maximum atomic E-state index is 13.8. The van der Waals surface area contributed by atoms with Gasteiger partial charge in [0.1, 0.15) is 0 Å². The Morgan fingerprint density at radius 2 is 1.02 bits per heavy atom. The summed E-state index contributed by atoms with van der Waals surface area (Å²) in [6.45, 7) is 0.416. The molecule has 0 saturated carbocycles. The highest BCUT2D eigenvalue weighted by Gasteiger charge is 2.34. The van der Waals surface area contributed by atoms with E-state index in [1.165, 1.54) is 59.3 Å². The van der Waals surface area contributed by atoms with E-state index in [4.69, 9.17) is 0 Å². The fourth-order valence-corrected chi connectivity index (χ4v) is 7.73. The van der Waals surface area contributed by atoms with Crippen molar-refractivity contribution in [3.8, 4) is 22.5 Å². The number of quaternary nitrogens is 1. The van der Waals surface area contributed by atoms with E-state index in [2.05, 4.69) is 20.6 Å². The molecule has 0 aliphatic carbocycles. The average molecular weight is 915 g/mol. The van der Waals surface area contributed by atoms with Crippen molar-refractivity contribution >= 4 is 67.7 Å². The van der Waals surface area contributed by atoms with E-state index in [0.29, 0.717) is 11.1 Å². The molecule has 0 atom stereocenters. The summed E-state index contributed by atoms with van der Waals surface area (Å²) < 4.78 is 82.6. The standard InChI is InChI=1S/C40H33F6N9O6S2/c1-55(2,17-15-47-35(56)51(29-11-5-9-27(21-29)39(41,42)43)37-49-33(23-62-37)25-7-3-13-31(19-25)53(58)59)18-16-48-36(57)52(30-12-6-10-28(22-30)40(44,45)46)38-50-34(24-63-38)26-8-4-14-32(20-26)54(60)61/h3-14,19-24H,15-18H2,1-2H3,(H-,47,48,56,57)/p+1. The Morgan fingerprint density at radius 1 is 0.635 bits per heavy atom. The molecule has 23 heteroatoms. The second kappa shape index (κ2) is 18.6. The Hall–Kier alpha value is -6.98. The van der Waals surface area contributed by atoms with E-state index < -0.39 is 45.4 Å². The van der Waals surface area contributed by atoms with E-state index in [-0.39, 0.29) is 75.1 Å². The summed E-state index contributed by atoms with van der Waals surface area (Å²) >= 11 is 1.86. The van der Waals surface area contributed by atoms with Gasteiger partial charge in [-0.1, -0.05) is 36.4 Å². The number of likely N-dealkylation sites (N-methyl/N-ethyl adjacent to an activating group) is 1. The first kappa shape index (κ1) is 45.5. The molecule has 15 nitrogen and oxygen atoms in total. The quantitative estimate of drug-likeness (QED) is 0.0469. The number of alkyl halides is 6. The number of nitrogens with one attached hydrogen (secondary N) is 2. The predicted octanol–water partition coefficient (Wildman–Crippen LogP) is 10.3. The molecular weight excluding hydrogens is 881 g/mol. The predicted molar refractivity (Wildman–Crippen MR) is 224 cm³/mol. The summed E-state index contributed by atoms with van der Waals surface area (Å²) in [6.07, 6.45) is -9.46. The monoisotopic (exact) mass is 914 g/mol. The molecule has 0 saturated heterocycles. The lowest BCUT2D eigenvalue weighted by Gasteiger charge is -2.31. The third-order valence-electron chi connectivity index (χ3n) is 9.33. The van der Waals surface area contributed by atoms with Crippen LogP contribution in [0, 0.1) is 20.2 Å². The highest BCUT2D eigenvalue weighted by Crippen LogP contribution is 2.38. The van der Waals surface area contributed by atoms with Gasteiger partial charge in [0.05, 0.1) is 84.0 Å². The van der Waals surface area contributed by atoms with E-state index in [9.17, 15) is 56.2 Å². The molecule has 4 amide bonds. The van der Waals surface area contributed by atoms with Gasteiger partial charge in [0, 0.05) is 46.2 Å². The highest BCUT2D eigenvalue weighted by molar-refractivity contribution is 7.14. The summed E-state index contributed by atoms with van der Waals surface area (Å²) in [4.78, 5) is 59.9. The van der Waals surface area contributed by atoms with Crippen LogP contribution in [0.4, 0.5) is 68.9 Å². The summed E-state index contributed by atoms with van der Waals surface area (Å²) in [5.74, 6) is 0. The number of amides is 4. The van der Waals surface area contributed by atoms with Crippen molar-refractivity contribution in [2.75, 3.05) is 50.1 Å². The minimum Gasteiger partial charge on any atom is -0.332 e. The van der Waals surface area contributed by atoms with Crippen molar-refractivity contribution in [2.45, 2.75) is 12.4 Å². The molecular formula is C40H34F6N9O6S2+. The van der Waals surface area contributed by atoms with E-state index in [0.717, 1.165) is 68.9 Å². The summed E-state index contributed by atoms with van der Waals surface area (Å²) in [6, 6.07) is 17.6. The van der Waals surface area contributed by atoms with Gasteiger partial charge in [-0.3, -0.25) is 20.2 Å². The Bertz CT molecular complexity index is 2480. The van der Waals surface area contributed by atoms with Gasteiger partial charge in [-0.15, -0.1) is 22.7 Å². The minimum atomic E-state index is -4.73. The Labute approximate surface area is 361 Å². The van der Waals surface area contributed by atoms with Gasteiger partial charge in [-0.2, -0.15) is 26.3 Å². The van der Waals surface area contributed by atoms with E-state index >= 15 is 0 Å². The van der Waals surface area contributed by atoms with Gasteiger partial charge in [0.25, 0.3) is 11.4 Å². The molecule has 2 aromatic heterocycles. The lowest BCUT2D eigenvalue weighted by Crippen LogP contribution is -2.51. The molecule has 0 fully saturated rings. The van der Waals surface area contributed by atoms with Crippen molar-refractivity contribution in [3.05, 3.63) is 139 Å². The summed E-state index contributed by atoms with van der Waals surface area (Å²) in [5, 5.41) is 31.1. The summed E-state index contributed by atoms with van der Waals surface area (Å²) in [7, 11) is 3.54. The van der Waals surface area contributed by atoms with Gasteiger partial charge in [0.2, 0.25) is 0 Å². The largest absolute Gasteiger partial charge is 0.416 e. The number of non-ortho nitro benzene ring substituents is 2. The maximum Gasteiger partial charge on any atom is 0.416 e. The van der Waals surface area contributed by atoms with Crippen LogP contribution in [0.2, 0.25) is 0 Å². The van der Waals surface area contributed by atoms with Crippen LogP contribution < -0.4 is 20.4 Å². The number of carbonyl (C=O) groups is 2. The molecule has 0 aliphatic heterocycles. The van der Waals surface area contributed by atoms with Crippen molar-refractivity contribution in [2.24, 2.45) is 0 Å². The van der Waals surface area contributed by atoms with Crippen molar-refractivity contribution < 1.29 is 50.3 Å². The number of aromatic nitrogens is 2. The number of nitro groups is 2.